The summed E-state index contributed by atoms with van der Waals surface area (Å²) < 4.78 is 5.69. The Kier molecular flexibility index (Phi) is 5.42. The van der Waals surface area contributed by atoms with Crippen molar-refractivity contribution in [2.45, 2.75) is 45.2 Å². The molecule has 0 N–H and O–H groups in total. The molecule has 2 heterocycles. The van der Waals surface area contributed by atoms with Gasteiger partial charge < -0.3 is 14.5 Å². The minimum Gasteiger partial charge on any atom is -0.379 e. The van der Waals surface area contributed by atoms with Gasteiger partial charge in [-0.25, -0.2) is 0 Å². The Hall–Kier alpha value is -1.88. The summed E-state index contributed by atoms with van der Waals surface area (Å²) in [6.07, 6.45) is 1.71. The third-order valence-corrected chi connectivity index (χ3v) is 5.16. The maximum absolute atomic E-state index is 12.9. The lowest BCUT2D eigenvalue weighted by Crippen LogP contribution is -2.56. The fourth-order valence-electron chi connectivity index (χ4n) is 3.80. The highest BCUT2D eigenvalue weighted by Gasteiger charge is 2.46. The van der Waals surface area contributed by atoms with E-state index in [4.69, 9.17) is 4.74 Å². The van der Waals surface area contributed by atoms with Gasteiger partial charge in [-0.1, -0.05) is 44.2 Å². The van der Waals surface area contributed by atoms with Gasteiger partial charge in [0.1, 0.15) is 0 Å². The van der Waals surface area contributed by atoms with E-state index in [0.717, 1.165) is 12.0 Å². The van der Waals surface area contributed by atoms with Crippen LogP contribution in [-0.4, -0.2) is 53.5 Å². The first-order chi connectivity index (χ1) is 12.0. The molecule has 0 saturated carbocycles. The van der Waals surface area contributed by atoms with Crippen LogP contribution in [0, 0.1) is 5.92 Å². The van der Waals surface area contributed by atoms with Gasteiger partial charge in [0.05, 0.1) is 12.1 Å². The van der Waals surface area contributed by atoms with Crippen LogP contribution in [0.3, 0.4) is 0 Å². The summed E-state index contributed by atoms with van der Waals surface area (Å²) in [5, 5.41) is 0. The predicted molar refractivity (Wildman–Crippen MR) is 95.8 cm³/mol. The van der Waals surface area contributed by atoms with E-state index in [9.17, 15) is 9.59 Å². The standard InChI is InChI=1S/C20H28N2O3/c1-16(2)12-19(24)21-10-8-18(23)22(13-17-6-4-3-5-7-17)20(14-21)9-11-25-15-20/h3-7,16H,8-15H2,1-2H3. The summed E-state index contributed by atoms with van der Waals surface area (Å²) in [5.74, 6) is 0.590. The fraction of sp³-hybridized carbons (Fsp3) is 0.600. The van der Waals surface area contributed by atoms with E-state index < -0.39 is 5.54 Å². The average Bonchev–Trinajstić information content (AvgIpc) is 3.00. The van der Waals surface area contributed by atoms with Crippen LogP contribution in [0.2, 0.25) is 0 Å². The molecule has 5 nitrogen and oxygen atoms in total. The molecule has 0 bridgehead atoms. The van der Waals surface area contributed by atoms with E-state index in [0.29, 0.717) is 51.6 Å². The van der Waals surface area contributed by atoms with Crippen molar-refractivity contribution in [3.63, 3.8) is 0 Å². The molecule has 1 aromatic rings. The SMILES string of the molecule is CC(C)CC(=O)N1CCC(=O)N(Cc2ccccc2)C2(CCOC2)C1. The second-order valence-electron chi connectivity index (χ2n) is 7.66. The number of benzene rings is 1. The lowest BCUT2D eigenvalue weighted by atomic mass is 9.94. The summed E-state index contributed by atoms with van der Waals surface area (Å²) in [7, 11) is 0. The minimum absolute atomic E-state index is 0.120. The Morgan fingerprint density at radius 2 is 2.04 bits per heavy atom. The van der Waals surface area contributed by atoms with Crippen molar-refractivity contribution in [3.05, 3.63) is 35.9 Å². The first-order valence-corrected chi connectivity index (χ1v) is 9.20. The molecule has 2 saturated heterocycles. The number of carbonyl (C=O) groups is 2. The molecule has 1 spiro atoms. The van der Waals surface area contributed by atoms with Gasteiger partial charge in [0.15, 0.2) is 0 Å². The summed E-state index contributed by atoms with van der Waals surface area (Å²) in [6.45, 7) is 6.93. The first kappa shape index (κ1) is 17.9. The van der Waals surface area contributed by atoms with Crippen molar-refractivity contribution in [3.8, 4) is 0 Å². The van der Waals surface area contributed by atoms with Crippen molar-refractivity contribution in [1.29, 1.82) is 0 Å². The van der Waals surface area contributed by atoms with Crippen molar-refractivity contribution < 1.29 is 14.3 Å². The molecule has 1 unspecified atom stereocenters. The molecule has 25 heavy (non-hydrogen) atoms. The molecule has 136 valence electrons. The van der Waals surface area contributed by atoms with E-state index in [1.165, 1.54) is 0 Å². The highest BCUT2D eigenvalue weighted by atomic mass is 16.5. The van der Waals surface area contributed by atoms with Crippen LogP contribution in [0.1, 0.15) is 38.7 Å². The van der Waals surface area contributed by atoms with Gasteiger partial charge in [-0.05, 0) is 17.9 Å². The highest BCUT2D eigenvalue weighted by Crippen LogP contribution is 2.32. The maximum atomic E-state index is 12.9. The zero-order valence-corrected chi connectivity index (χ0v) is 15.2. The quantitative estimate of drug-likeness (QED) is 0.843. The van der Waals surface area contributed by atoms with E-state index in [1.807, 2.05) is 40.1 Å². The van der Waals surface area contributed by atoms with Crippen LogP contribution in [0.15, 0.2) is 30.3 Å². The summed E-state index contributed by atoms with van der Waals surface area (Å²) in [4.78, 5) is 29.4. The van der Waals surface area contributed by atoms with Crippen LogP contribution in [0.5, 0.6) is 0 Å². The van der Waals surface area contributed by atoms with Gasteiger partial charge in [0.25, 0.3) is 0 Å². The molecule has 2 amide bonds. The number of hydrogen-bond donors (Lipinski definition) is 0. The normalized spacial score (nSPS) is 24.2. The van der Waals surface area contributed by atoms with Crippen molar-refractivity contribution in [1.82, 2.24) is 9.80 Å². The van der Waals surface area contributed by atoms with Crippen molar-refractivity contribution >= 4 is 11.8 Å². The first-order valence-electron chi connectivity index (χ1n) is 9.20. The number of hydrogen-bond acceptors (Lipinski definition) is 3. The number of carbonyl (C=O) groups excluding carboxylic acids is 2. The van der Waals surface area contributed by atoms with E-state index in [2.05, 4.69) is 13.8 Å². The monoisotopic (exact) mass is 344 g/mol. The van der Waals surface area contributed by atoms with E-state index >= 15 is 0 Å². The molecule has 3 rings (SSSR count). The van der Waals surface area contributed by atoms with Crippen LogP contribution >= 0.6 is 0 Å². The van der Waals surface area contributed by atoms with Crippen LogP contribution < -0.4 is 0 Å². The molecule has 1 aromatic carbocycles. The Balaban J connectivity index is 1.84. The molecule has 0 aromatic heterocycles. The van der Waals surface area contributed by atoms with Gasteiger partial charge >= 0.3 is 0 Å². The topological polar surface area (TPSA) is 49.9 Å². The van der Waals surface area contributed by atoms with Crippen molar-refractivity contribution in [2.75, 3.05) is 26.3 Å². The maximum Gasteiger partial charge on any atom is 0.225 e. The molecule has 5 heteroatoms. The van der Waals surface area contributed by atoms with E-state index in [-0.39, 0.29) is 11.8 Å². The number of amides is 2. The Morgan fingerprint density at radius 1 is 1.28 bits per heavy atom. The summed E-state index contributed by atoms with van der Waals surface area (Å²) in [5.41, 5.74) is 0.722. The molecule has 0 radical (unpaired) electrons. The number of ether oxygens (including phenoxy) is 1. The van der Waals surface area contributed by atoms with Gasteiger partial charge in [-0.2, -0.15) is 0 Å². The largest absolute Gasteiger partial charge is 0.379 e. The molecular weight excluding hydrogens is 316 g/mol. The second kappa shape index (κ2) is 7.56. The molecule has 0 aliphatic carbocycles. The fourth-order valence-corrected chi connectivity index (χ4v) is 3.80. The Labute approximate surface area is 149 Å². The smallest absolute Gasteiger partial charge is 0.225 e. The zero-order chi connectivity index (χ0) is 17.9. The molecule has 2 fully saturated rings. The summed E-state index contributed by atoms with van der Waals surface area (Å²) >= 11 is 0. The predicted octanol–water partition coefficient (Wildman–Crippen LogP) is 2.45. The zero-order valence-electron chi connectivity index (χ0n) is 15.2. The second-order valence-corrected chi connectivity index (χ2v) is 7.66. The summed E-state index contributed by atoms with van der Waals surface area (Å²) in [6, 6.07) is 10.1. The molecular formula is C20H28N2O3. The molecule has 2 aliphatic rings. The number of nitrogens with zero attached hydrogens (tertiary/aromatic N) is 2. The Morgan fingerprint density at radius 3 is 2.68 bits per heavy atom. The average molecular weight is 344 g/mol. The van der Waals surface area contributed by atoms with Gasteiger partial charge in [0.2, 0.25) is 11.8 Å². The van der Waals surface area contributed by atoms with Crippen molar-refractivity contribution in [2.24, 2.45) is 5.92 Å². The molecule has 1 atom stereocenters. The van der Waals surface area contributed by atoms with Crippen LogP contribution in [0.25, 0.3) is 0 Å². The van der Waals surface area contributed by atoms with Gasteiger partial charge in [-0.3, -0.25) is 9.59 Å². The van der Waals surface area contributed by atoms with Gasteiger partial charge in [-0.15, -0.1) is 0 Å². The lowest BCUT2D eigenvalue weighted by molar-refractivity contribution is -0.138. The third-order valence-electron chi connectivity index (χ3n) is 5.16. The van der Waals surface area contributed by atoms with Crippen LogP contribution in [-0.2, 0) is 20.9 Å². The number of rotatable bonds is 4. The highest BCUT2D eigenvalue weighted by molar-refractivity contribution is 5.81. The third kappa shape index (κ3) is 4.03. The van der Waals surface area contributed by atoms with Gasteiger partial charge in [0, 0.05) is 39.1 Å². The lowest BCUT2D eigenvalue weighted by Gasteiger charge is -2.40. The molecule has 2 aliphatic heterocycles. The van der Waals surface area contributed by atoms with E-state index in [1.54, 1.807) is 0 Å². The minimum atomic E-state index is -0.393. The van der Waals surface area contributed by atoms with Crippen LogP contribution in [0.4, 0.5) is 0 Å². The Bertz CT molecular complexity index is 609.